The Morgan fingerprint density at radius 2 is 2.11 bits per heavy atom. The second-order valence-corrected chi connectivity index (χ2v) is 4.93. The molecule has 2 N–H and O–H groups in total. The van der Waals surface area contributed by atoms with Crippen molar-refractivity contribution < 1.29 is 14.3 Å². The maximum absolute atomic E-state index is 12.1. The van der Waals surface area contributed by atoms with Crippen molar-refractivity contribution in [2.24, 2.45) is 11.8 Å². The van der Waals surface area contributed by atoms with Gasteiger partial charge in [0.25, 0.3) is 5.91 Å². The van der Waals surface area contributed by atoms with Crippen molar-refractivity contribution in [1.82, 2.24) is 5.32 Å². The molecule has 3 atom stereocenters. The number of para-hydroxylation sites is 1. The Hall–Kier alpha value is -1.88. The first-order valence-electron chi connectivity index (χ1n) is 6.46. The Bertz CT molecular complexity index is 519. The monoisotopic (exact) mass is 260 g/mol. The van der Waals surface area contributed by atoms with Gasteiger partial charge in [-0.3, -0.25) is 9.59 Å². The predicted molar refractivity (Wildman–Crippen MR) is 69.8 cm³/mol. The zero-order valence-corrected chi connectivity index (χ0v) is 10.7. The predicted octanol–water partition coefficient (Wildman–Crippen LogP) is 1.02. The van der Waals surface area contributed by atoms with Gasteiger partial charge in [0.05, 0.1) is 23.3 Å². The summed E-state index contributed by atoms with van der Waals surface area (Å²) in [6, 6.07) is 7.00. The summed E-state index contributed by atoms with van der Waals surface area (Å²) in [6.45, 7) is 0.758. The van der Waals surface area contributed by atoms with Crippen molar-refractivity contribution in [1.29, 1.82) is 0 Å². The molecule has 0 unspecified atom stereocenters. The van der Waals surface area contributed by atoms with Gasteiger partial charge in [0, 0.05) is 19.6 Å². The first-order valence-corrected chi connectivity index (χ1v) is 6.46. The summed E-state index contributed by atoms with van der Waals surface area (Å²) < 4.78 is 5.46. The van der Waals surface area contributed by atoms with Crippen LogP contribution in [0.3, 0.4) is 0 Å². The molecule has 5 nitrogen and oxygen atoms in total. The maximum atomic E-state index is 12.1. The van der Waals surface area contributed by atoms with Crippen molar-refractivity contribution in [3.05, 3.63) is 29.8 Å². The van der Waals surface area contributed by atoms with E-state index in [1.54, 1.807) is 31.3 Å². The van der Waals surface area contributed by atoms with Crippen LogP contribution in [0.4, 0.5) is 5.69 Å². The topological polar surface area (TPSA) is 67.4 Å². The minimum Gasteiger partial charge on any atom is -0.377 e. The van der Waals surface area contributed by atoms with E-state index < -0.39 is 0 Å². The maximum Gasteiger partial charge on any atom is 0.253 e. The van der Waals surface area contributed by atoms with Crippen LogP contribution in [0.1, 0.15) is 16.8 Å². The summed E-state index contributed by atoms with van der Waals surface area (Å²) in [7, 11) is 1.57. The lowest BCUT2D eigenvalue weighted by Crippen LogP contribution is -2.23. The Morgan fingerprint density at radius 3 is 2.79 bits per heavy atom. The first-order chi connectivity index (χ1) is 9.22. The molecule has 1 aromatic carbocycles. The summed E-state index contributed by atoms with van der Waals surface area (Å²) >= 11 is 0. The number of benzene rings is 1. The molecule has 19 heavy (non-hydrogen) atoms. The largest absolute Gasteiger partial charge is 0.377 e. The third kappa shape index (κ3) is 2.10. The van der Waals surface area contributed by atoms with Crippen LogP contribution in [0.15, 0.2) is 24.3 Å². The summed E-state index contributed by atoms with van der Waals surface area (Å²) in [4.78, 5) is 23.8. The fourth-order valence-electron chi connectivity index (χ4n) is 2.74. The SMILES string of the molecule is CNC(=O)c1ccccc1NC(=O)[C@H]1[C@@H]2CCO[C@@H]21. The van der Waals surface area contributed by atoms with E-state index in [1.807, 2.05) is 0 Å². The van der Waals surface area contributed by atoms with Crippen molar-refractivity contribution in [3.8, 4) is 0 Å². The van der Waals surface area contributed by atoms with Crippen LogP contribution < -0.4 is 10.6 Å². The molecule has 0 spiro atoms. The van der Waals surface area contributed by atoms with E-state index in [-0.39, 0.29) is 23.8 Å². The molecule has 0 bridgehead atoms. The van der Waals surface area contributed by atoms with Gasteiger partial charge in [0.1, 0.15) is 0 Å². The van der Waals surface area contributed by atoms with Gasteiger partial charge in [-0.05, 0) is 18.6 Å². The highest BCUT2D eigenvalue weighted by atomic mass is 16.5. The lowest BCUT2D eigenvalue weighted by atomic mass is 10.1. The van der Waals surface area contributed by atoms with Gasteiger partial charge in [-0.15, -0.1) is 0 Å². The standard InChI is InChI=1S/C14H16N2O3/c1-15-13(17)8-4-2-3-5-10(8)16-14(18)11-9-6-7-19-12(9)11/h2-5,9,11-12H,6-7H2,1H3,(H,15,17)(H,16,18)/t9-,11-,12-/m0/s1. The van der Waals surface area contributed by atoms with Crippen LogP contribution in [0.25, 0.3) is 0 Å². The number of fused-ring (bicyclic) bond motifs is 1. The van der Waals surface area contributed by atoms with Gasteiger partial charge >= 0.3 is 0 Å². The molecule has 1 saturated carbocycles. The van der Waals surface area contributed by atoms with Crippen LogP contribution in [-0.2, 0) is 9.53 Å². The van der Waals surface area contributed by atoms with Crippen molar-refractivity contribution in [2.45, 2.75) is 12.5 Å². The number of nitrogens with one attached hydrogen (secondary N) is 2. The zero-order valence-electron chi connectivity index (χ0n) is 10.7. The van der Waals surface area contributed by atoms with Crippen molar-refractivity contribution >= 4 is 17.5 Å². The number of hydrogen-bond acceptors (Lipinski definition) is 3. The molecule has 100 valence electrons. The Balaban J connectivity index is 1.73. The second-order valence-electron chi connectivity index (χ2n) is 4.93. The fraction of sp³-hybridized carbons (Fsp3) is 0.429. The number of hydrogen-bond donors (Lipinski definition) is 2. The molecule has 2 fully saturated rings. The van der Waals surface area contributed by atoms with E-state index in [1.165, 1.54) is 0 Å². The normalized spacial score (nSPS) is 27.5. The first kappa shape index (κ1) is 12.2. The minimum absolute atomic E-state index is 0.0495. The van der Waals surface area contributed by atoms with Crippen molar-refractivity contribution in [2.75, 3.05) is 19.0 Å². The quantitative estimate of drug-likeness (QED) is 0.852. The number of ether oxygens (including phenoxy) is 1. The lowest BCUT2D eigenvalue weighted by molar-refractivity contribution is -0.118. The molecule has 1 aliphatic carbocycles. The van der Waals surface area contributed by atoms with E-state index in [4.69, 9.17) is 4.74 Å². The molecule has 1 heterocycles. The average molecular weight is 260 g/mol. The van der Waals surface area contributed by atoms with Gasteiger partial charge in [-0.25, -0.2) is 0 Å². The van der Waals surface area contributed by atoms with E-state index in [0.29, 0.717) is 17.2 Å². The molecule has 2 amide bonds. The van der Waals surface area contributed by atoms with Gasteiger partial charge in [0.15, 0.2) is 0 Å². The Morgan fingerprint density at radius 1 is 1.32 bits per heavy atom. The molecule has 3 rings (SSSR count). The Kier molecular flexibility index (Phi) is 2.98. The molecule has 5 heteroatoms. The number of anilines is 1. The number of rotatable bonds is 3. The van der Waals surface area contributed by atoms with Crippen LogP contribution in [0.2, 0.25) is 0 Å². The summed E-state index contributed by atoms with van der Waals surface area (Å²) in [5.41, 5.74) is 1.03. The van der Waals surface area contributed by atoms with Crippen LogP contribution in [-0.4, -0.2) is 31.6 Å². The minimum atomic E-state index is -0.205. The highest BCUT2D eigenvalue weighted by molar-refractivity contribution is 6.04. The van der Waals surface area contributed by atoms with Crippen LogP contribution in [0, 0.1) is 11.8 Å². The van der Waals surface area contributed by atoms with Gasteiger partial charge in [-0.1, -0.05) is 12.1 Å². The fourth-order valence-corrected chi connectivity index (χ4v) is 2.74. The Labute approximate surface area is 111 Å². The van der Waals surface area contributed by atoms with Crippen LogP contribution >= 0.6 is 0 Å². The van der Waals surface area contributed by atoms with Crippen molar-refractivity contribution in [3.63, 3.8) is 0 Å². The number of carbonyl (C=O) groups is 2. The molecule has 1 aromatic rings. The smallest absolute Gasteiger partial charge is 0.253 e. The molecule has 2 aliphatic rings. The third-order valence-electron chi connectivity index (χ3n) is 3.82. The third-order valence-corrected chi connectivity index (χ3v) is 3.82. The van der Waals surface area contributed by atoms with Gasteiger partial charge in [0.2, 0.25) is 5.91 Å². The molecule has 0 aromatic heterocycles. The van der Waals surface area contributed by atoms with Crippen LogP contribution in [0.5, 0.6) is 0 Å². The summed E-state index contributed by atoms with van der Waals surface area (Å²) in [5.74, 6) is 0.0628. The highest BCUT2D eigenvalue weighted by Gasteiger charge is 2.58. The van der Waals surface area contributed by atoms with Gasteiger partial charge < -0.3 is 15.4 Å². The van der Waals surface area contributed by atoms with Gasteiger partial charge in [-0.2, -0.15) is 0 Å². The molecular formula is C14H16N2O3. The zero-order chi connectivity index (χ0) is 13.4. The second kappa shape index (κ2) is 4.66. The summed E-state index contributed by atoms with van der Waals surface area (Å²) in [5, 5.41) is 5.40. The van der Waals surface area contributed by atoms with E-state index >= 15 is 0 Å². The highest BCUT2D eigenvalue weighted by Crippen LogP contribution is 2.49. The molecule has 1 aliphatic heterocycles. The van der Waals surface area contributed by atoms with E-state index in [0.717, 1.165) is 13.0 Å². The summed E-state index contributed by atoms with van der Waals surface area (Å²) in [6.07, 6.45) is 1.05. The average Bonchev–Trinajstić information content (AvgIpc) is 2.92. The number of carbonyl (C=O) groups excluding carboxylic acids is 2. The lowest BCUT2D eigenvalue weighted by Gasteiger charge is -2.10. The molecular weight excluding hydrogens is 244 g/mol. The van der Waals surface area contributed by atoms with E-state index in [2.05, 4.69) is 10.6 Å². The number of amides is 2. The molecule has 0 radical (unpaired) electrons. The molecule has 1 saturated heterocycles. The van der Waals surface area contributed by atoms with E-state index in [9.17, 15) is 9.59 Å².